The molecule has 3 rings (SSSR count). The van der Waals surface area contributed by atoms with Crippen LogP contribution in [0, 0.1) is 0 Å². The monoisotopic (exact) mass is 456 g/mol. The third-order valence-corrected chi connectivity index (χ3v) is 4.89. The van der Waals surface area contributed by atoms with E-state index in [1.807, 2.05) is 0 Å². The van der Waals surface area contributed by atoms with E-state index in [0.717, 1.165) is 0 Å². The molecule has 0 aliphatic rings. The average Bonchev–Trinajstić information content (AvgIpc) is 2.83. The molecular weight excluding hydrogens is 436 g/mol. The van der Waals surface area contributed by atoms with Gasteiger partial charge in [-0.2, -0.15) is 0 Å². The first-order valence-corrected chi connectivity index (χ1v) is 9.95. The Morgan fingerprint density at radius 3 is 1.59 bits per heavy atom. The Bertz CT molecular complexity index is 1340. The summed E-state index contributed by atoms with van der Waals surface area (Å²) in [6, 6.07) is 14.7. The molecule has 2 amide bonds. The summed E-state index contributed by atoms with van der Waals surface area (Å²) >= 11 is 0. The standard InChI is InChI=1S/C26H20N2O6/c1-3-15-9-11-20(25(31)32)21(12-15)24(30)28-18-7-5-6-17(14-18)27-23(29)19-10-8-16(4-2)13-22(19)26(33)34/h3-14H,1-2H2,(H,27,29)(H,28,30)(H,31,32)(H,33,34). The van der Waals surface area contributed by atoms with Crippen LogP contribution in [0.3, 0.4) is 0 Å². The van der Waals surface area contributed by atoms with E-state index in [-0.39, 0.29) is 22.3 Å². The van der Waals surface area contributed by atoms with Crippen LogP contribution in [0.1, 0.15) is 52.6 Å². The van der Waals surface area contributed by atoms with E-state index in [1.165, 1.54) is 48.6 Å². The zero-order chi connectivity index (χ0) is 24.8. The molecule has 3 aromatic rings. The zero-order valence-corrected chi connectivity index (χ0v) is 17.9. The van der Waals surface area contributed by atoms with Gasteiger partial charge in [0.1, 0.15) is 0 Å². The number of carbonyl (C=O) groups is 4. The Kier molecular flexibility index (Phi) is 7.03. The fourth-order valence-corrected chi connectivity index (χ4v) is 3.20. The molecule has 8 nitrogen and oxygen atoms in total. The maximum atomic E-state index is 12.8. The smallest absolute Gasteiger partial charge is 0.336 e. The number of amides is 2. The summed E-state index contributed by atoms with van der Waals surface area (Å²) in [4.78, 5) is 48.6. The summed E-state index contributed by atoms with van der Waals surface area (Å²) in [5.41, 5.74) is 1.29. The molecule has 8 heteroatoms. The van der Waals surface area contributed by atoms with Crippen molar-refractivity contribution >= 4 is 47.3 Å². The number of hydrogen-bond acceptors (Lipinski definition) is 4. The van der Waals surface area contributed by atoms with Crippen LogP contribution < -0.4 is 10.6 Å². The zero-order valence-electron chi connectivity index (χ0n) is 17.9. The first-order valence-electron chi connectivity index (χ1n) is 9.95. The quantitative estimate of drug-likeness (QED) is 0.382. The first-order chi connectivity index (χ1) is 16.2. The van der Waals surface area contributed by atoms with Crippen molar-refractivity contribution in [2.24, 2.45) is 0 Å². The second kappa shape index (κ2) is 10.1. The number of carboxylic acid groups (broad SMARTS) is 2. The third kappa shape index (κ3) is 5.25. The number of benzene rings is 3. The highest BCUT2D eigenvalue weighted by molar-refractivity contribution is 6.12. The van der Waals surface area contributed by atoms with Gasteiger partial charge < -0.3 is 20.8 Å². The highest BCUT2D eigenvalue weighted by atomic mass is 16.4. The van der Waals surface area contributed by atoms with Crippen LogP contribution in [0.25, 0.3) is 12.2 Å². The van der Waals surface area contributed by atoms with Gasteiger partial charge in [0.25, 0.3) is 11.8 Å². The van der Waals surface area contributed by atoms with Crippen LogP contribution in [0.5, 0.6) is 0 Å². The molecular formula is C26H20N2O6. The fraction of sp³-hybridized carbons (Fsp3) is 0. The molecule has 0 saturated heterocycles. The lowest BCUT2D eigenvalue weighted by Gasteiger charge is -2.12. The van der Waals surface area contributed by atoms with Crippen molar-refractivity contribution in [2.45, 2.75) is 0 Å². The minimum Gasteiger partial charge on any atom is -0.478 e. The third-order valence-electron chi connectivity index (χ3n) is 4.89. The van der Waals surface area contributed by atoms with E-state index in [0.29, 0.717) is 22.5 Å². The molecule has 3 aromatic carbocycles. The Morgan fingerprint density at radius 2 is 1.09 bits per heavy atom. The van der Waals surface area contributed by atoms with E-state index in [1.54, 1.807) is 24.3 Å². The first kappa shape index (κ1) is 23.7. The van der Waals surface area contributed by atoms with Crippen molar-refractivity contribution in [3.63, 3.8) is 0 Å². The molecule has 0 aliphatic carbocycles. The number of nitrogens with one attached hydrogen (secondary N) is 2. The number of carboxylic acids is 2. The van der Waals surface area contributed by atoms with Gasteiger partial charge in [0.2, 0.25) is 0 Å². The van der Waals surface area contributed by atoms with Crippen LogP contribution >= 0.6 is 0 Å². The van der Waals surface area contributed by atoms with E-state index in [9.17, 15) is 29.4 Å². The van der Waals surface area contributed by atoms with E-state index in [2.05, 4.69) is 23.8 Å². The van der Waals surface area contributed by atoms with Crippen molar-refractivity contribution in [1.29, 1.82) is 0 Å². The number of aromatic carboxylic acids is 2. The van der Waals surface area contributed by atoms with Gasteiger partial charge in [0, 0.05) is 11.4 Å². The lowest BCUT2D eigenvalue weighted by molar-refractivity contribution is 0.0683. The largest absolute Gasteiger partial charge is 0.478 e. The highest BCUT2D eigenvalue weighted by Gasteiger charge is 2.19. The van der Waals surface area contributed by atoms with Crippen LogP contribution in [0.15, 0.2) is 73.8 Å². The van der Waals surface area contributed by atoms with Gasteiger partial charge in [-0.15, -0.1) is 0 Å². The topological polar surface area (TPSA) is 133 Å². The molecule has 170 valence electrons. The molecule has 0 aromatic heterocycles. The molecule has 0 radical (unpaired) electrons. The van der Waals surface area contributed by atoms with Crippen LogP contribution in [0.4, 0.5) is 11.4 Å². The number of carbonyl (C=O) groups excluding carboxylic acids is 2. The summed E-state index contributed by atoms with van der Waals surface area (Å²) in [5, 5.41) is 24.0. The maximum Gasteiger partial charge on any atom is 0.336 e. The van der Waals surface area contributed by atoms with Crippen molar-refractivity contribution < 1.29 is 29.4 Å². The minimum absolute atomic E-state index is 0.0418. The van der Waals surface area contributed by atoms with Crippen molar-refractivity contribution in [3.05, 3.63) is 107 Å². The van der Waals surface area contributed by atoms with Gasteiger partial charge >= 0.3 is 11.9 Å². The average molecular weight is 456 g/mol. The van der Waals surface area contributed by atoms with Gasteiger partial charge in [0.15, 0.2) is 0 Å². The maximum absolute atomic E-state index is 12.8. The number of hydrogen-bond donors (Lipinski definition) is 4. The summed E-state index contributed by atoms with van der Waals surface area (Å²) in [6.07, 6.45) is 2.96. The SMILES string of the molecule is C=Cc1ccc(C(=O)Nc2cccc(NC(=O)c3cc(C=C)ccc3C(=O)O)c2)c(C(=O)O)c1. The molecule has 0 saturated carbocycles. The van der Waals surface area contributed by atoms with E-state index in [4.69, 9.17) is 0 Å². The van der Waals surface area contributed by atoms with Crippen LogP contribution in [0.2, 0.25) is 0 Å². The Morgan fingerprint density at radius 1 is 0.618 bits per heavy atom. The Labute approximate surface area is 194 Å². The van der Waals surface area contributed by atoms with E-state index >= 15 is 0 Å². The molecule has 0 fully saturated rings. The molecule has 34 heavy (non-hydrogen) atoms. The molecule has 0 aliphatic heterocycles. The molecule has 0 bridgehead atoms. The number of anilines is 2. The van der Waals surface area contributed by atoms with Crippen molar-refractivity contribution in [1.82, 2.24) is 0 Å². The summed E-state index contributed by atoms with van der Waals surface area (Å²) in [6.45, 7) is 7.21. The fourth-order valence-electron chi connectivity index (χ4n) is 3.20. The van der Waals surface area contributed by atoms with Crippen LogP contribution in [-0.4, -0.2) is 34.0 Å². The minimum atomic E-state index is -1.26. The predicted octanol–water partition coefficient (Wildman–Crippen LogP) is 4.87. The van der Waals surface area contributed by atoms with Gasteiger partial charge in [-0.25, -0.2) is 9.59 Å². The molecule has 0 unspecified atom stereocenters. The normalized spacial score (nSPS) is 10.1. The molecule has 0 spiro atoms. The molecule has 0 heterocycles. The van der Waals surface area contributed by atoms with Gasteiger partial charge in [-0.05, 0) is 53.6 Å². The van der Waals surface area contributed by atoms with E-state index < -0.39 is 23.8 Å². The Balaban J connectivity index is 1.84. The summed E-state index contributed by atoms with van der Waals surface area (Å²) < 4.78 is 0. The lowest BCUT2D eigenvalue weighted by Crippen LogP contribution is -2.18. The Hall–Kier alpha value is -4.98. The second-order valence-electron chi connectivity index (χ2n) is 7.12. The van der Waals surface area contributed by atoms with Gasteiger partial charge in [-0.3, -0.25) is 9.59 Å². The number of rotatable bonds is 8. The van der Waals surface area contributed by atoms with Crippen molar-refractivity contribution in [2.75, 3.05) is 10.6 Å². The van der Waals surface area contributed by atoms with Crippen molar-refractivity contribution in [3.8, 4) is 0 Å². The summed E-state index contributed by atoms with van der Waals surface area (Å²) in [5.74, 6) is -3.81. The van der Waals surface area contributed by atoms with Gasteiger partial charge in [-0.1, -0.05) is 43.5 Å². The highest BCUT2D eigenvalue weighted by Crippen LogP contribution is 2.21. The van der Waals surface area contributed by atoms with Crippen LogP contribution in [-0.2, 0) is 0 Å². The second-order valence-corrected chi connectivity index (χ2v) is 7.12. The lowest BCUT2D eigenvalue weighted by atomic mass is 10.0. The van der Waals surface area contributed by atoms with Gasteiger partial charge in [0.05, 0.1) is 22.3 Å². The molecule has 0 atom stereocenters. The molecule has 4 N–H and O–H groups in total. The summed E-state index contributed by atoms with van der Waals surface area (Å²) in [7, 11) is 0. The predicted molar refractivity (Wildman–Crippen MR) is 129 cm³/mol.